The fraction of sp³-hybridized carbons (Fsp3) is 0.200. The molecule has 0 aromatic carbocycles. The van der Waals surface area contributed by atoms with Crippen molar-refractivity contribution in [2.24, 2.45) is 0 Å². The van der Waals surface area contributed by atoms with E-state index in [4.69, 9.17) is 0 Å². The van der Waals surface area contributed by atoms with E-state index in [1.165, 1.54) is 11.3 Å². The van der Waals surface area contributed by atoms with Gasteiger partial charge in [0.2, 0.25) is 0 Å². The molecule has 124 valence electrons. The number of nitrogens with zero attached hydrogens (tertiary/aromatic N) is 3. The van der Waals surface area contributed by atoms with Gasteiger partial charge < -0.3 is 0 Å². The van der Waals surface area contributed by atoms with Gasteiger partial charge in [0.1, 0.15) is 17.2 Å². The van der Waals surface area contributed by atoms with Gasteiger partial charge in [0.25, 0.3) is 11.8 Å². The number of rotatable bonds is 4. The highest BCUT2D eigenvalue weighted by atomic mass is 32.1. The predicted molar refractivity (Wildman–Crippen MR) is 92.7 cm³/mol. The topological polar surface area (TPSA) is 88.9 Å². The van der Waals surface area contributed by atoms with Crippen LogP contribution in [0.25, 0.3) is 9.88 Å². The van der Waals surface area contributed by atoms with Gasteiger partial charge in [0.05, 0.1) is 10.6 Å². The van der Waals surface area contributed by atoms with E-state index in [-0.39, 0.29) is 18.1 Å². The highest BCUT2D eigenvalue weighted by Gasteiger charge is 2.14. The molecule has 0 bridgehead atoms. The molecule has 3 aromatic heterocycles. The van der Waals surface area contributed by atoms with Crippen molar-refractivity contribution in [3.63, 3.8) is 0 Å². The van der Waals surface area contributed by atoms with Crippen molar-refractivity contribution in [2.75, 3.05) is 0 Å². The van der Waals surface area contributed by atoms with Crippen molar-refractivity contribution in [3.05, 3.63) is 46.0 Å². The Bertz CT molecular complexity index is 866. The van der Waals surface area contributed by atoms with E-state index >= 15 is 0 Å². The van der Waals surface area contributed by atoms with Crippen LogP contribution < -0.4 is 10.9 Å². The van der Waals surface area contributed by atoms with Crippen LogP contribution in [0.3, 0.4) is 0 Å². The molecule has 2 N–H and O–H groups in total. The number of hydrogen-bond acceptors (Lipinski definition) is 6. The van der Waals surface area contributed by atoms with Gasteiger partial charge in [-0.2, -0.15) is 5.10 Å². The molecule has 0 aliphatic carbocycles. The van der Waals surface area contributed by atoms with Crippen molar-refractivity contribution in [1.82, 2.24) is 25.6 Å². The van der Waals surface area contributed by atoms with Crippen LogP contribution in [0.15, 0.2) is 29.0 Å². The molecule has 3 aromatic rings. The highest BCUT2D eigenvalue weighted by Crippen LogP contribution is 2.27. The van der Waals surface area contributed by atoms with Crippen molar-refractivity contribution in [3.8, 4) is 9.88 Å². The summed E-state index contributed by atoms with van der Waals surface area (Å²) in [6.07, 6.45) is 0. The first-order chi connectivity index (χ1) is 11.5. The third-order valence-electron chi connectivity index (χ3n) is 3.18. The second-order valence-electron chi connectivity index (χ2n) is 5.10. The monoisotopic (exact) mass is 361 g/mol. The fourth-order valence-electron chi connectivity index (χ4n) is 2.09. The number of thiazole rings is 1. The van der Waals surface area contributed by atoms with Gasteiger partial charge in [-0.25, -0.2) is 4.98 Å². The van der Waals surface area contributed by atoms with Crippen LogP contribution in [0.5, 0.6) is 0 Å². The Balaban J connectivity index is 1.55. The molecule has 0 saturated carbocycles. The molecule has 0 spiro atoms. The third-order valence-corrected chi connectivity index (χ3v) is 5.06. The molecule has 9 heteroatoms. The molecular formula is C15H15N5O2S2. The summed E-state index contributed by atoms with van der Waals surface area (Å²) in [4.78, 5) is 29.2. The maximum Gasteiger partial charge on any atom is 0.289 e. The zero-order valence-corrected chi connectivity index (χ0v) is 14.7. The second kappa shape index (κ2) is 6.93. The lowest BCUT2D eigenvalue weighted by Crippen LogP contribution is -2.43. The fourth-order valence-corrected chi connectivity index (χ4v) is 3.71. The Morgan fingerprint density at radius 2 is 2.08 bits per heavy atom. The molecule has 7 nitrogen and oxygen atoms in total. The van der Waals surface area contributed by atoms with Crippen molar-refractivity contribution < 1.29 is 9.59 Å². The molecule has 3 rings (SSSR count). The minimum atomic E-state index is -0.448. The molecular weight excluding hydrogens is 346 g/mol. The van der Waals surface area contributed by atoms with E-state index in [0.29, 0.717) is 0 Å². The normalized spacial score (nSPS) is 10.6. The number of hydrogen-bond donors (Lipinski definition) is 2. The summed E-state index contributed by atoms with van der Waals surface area (Å²) < 4.78 is 1.58. The molecule has 0 saturated heterocycles. The summed E-state index contributed by atoms with van der Waals surface area (Å²) >= 11 is 2.95. The third kappa shape index (κ3) is 3.69. The first-order valence-electron chi connectivity index (χ1n) is 7.12. The van der Waals surface area contributed by atoms with E-state index < -0.39 is 5.91 Å². The summed E-state index contributed by atoms with van der Waals surface area (Å²) in [6, 6.07) is 5.76. The number of carbonyl (C=O) groups is 2. The molecule has 24 heavy (non-hydrogen) atoms. The maximum atomic E-state index is 12.1. The highest BCUT2D eigenvalue weighted by molar-refractivity contribution is 7.20. The summed E-state index contributed by atoms with van der Waals surface area (Å²) in [7, 11) is 0. The Labute approximate surface area is 146 Å². The lowest BCUT2D eigenvalue weighted by molar-refractivity contribution is -0.122. The molecule has 0 radical (unpaired) electrons. The minimum Gasteiger partial charge on any atom is -0.271 e. The van der Waals surface area contributed by atoms with Crippen LogP contribution in [-0.2, 0) is 11.3 Å². The van der Waals surface area contributed by atoms with Crippen LogP contribution in [-0.4, -0.2) is 26.6 Å². The van der Waals surface area contributed by atoms with Crippen LogP contribution in [0.4, 0.5) is 0 Å². The lowest BCUT2D eigenvalue weighted by atomic mass is 10.4. The van der Waals surface area contributed by atoms with Crippen LogP contribution in [0.1, 0.15) is 21.9 Å². The summed E-state index contributed by atoms with van der Waals surface area (Å²) in [5.74, 6) is -0.806. The smallest absolute Gasteiger partial charge is 0.271 e. The molecule has 0 atom stereocenters. The van der Waals surface area contributed by atoms with E-state index in [1.807, 2.05) is 37.4 Å². The zero-order valence-electron chi connectivity index (χ0n) is 13.1. The molecule has 3 heterocycles. The van der Waals surface area contributed by atoms with E-state index in [0.717, 1.165) is 21.3 Å². The molecule has 0 unspecified atom stereocenters. The average Bonchev–Trinajstić information content (AvgIpc) is 3.26. The number of nitrogens with one attached hydrogen (secondary N) is 2. The number of hydrazine groups is 1. The lowest BCUT2D eigenvalue weighted by Gasteiger charge is -2.07. The molecule has 0 fully saturated rings. The summed E-state index contributed by atoms with van der Waals surface area (Å²) in [5.41, 5.74) is 6.75. The summed E-state index contributed by atoms with van der Waals surface area (Å²) in [6.45, 7) is 3.77. The number of thiophene rings is 1. The summed E-state index contributed by atoms with van der Waals surface area (Å²) in [5, 5.41) is 8.60. The van der Waals surface area contributed by atoms with E-state index in [1.54, 1.807) is 21.4 Å². The molecule has 0 aliphatic heterocycles. The maximum absolute atomic E-state index is 12.1. The van der Waals surface area contributed by atoms with E-state index in [2.05, 4.69) is 20.9 Å². The zero-order chi connectivity index (χ0) is 17.1. The van der Waals surface area contributed by atoms with Crippen molar-refractivity contribution >= 4 is 34.5 Å². The first kappa shape index (κ1) is 16.3. The van der Waals surface area contributed by atoms with Gasteiger partial charge in [-0.05, 0) is 31.4 Å². The Hall–Kier alpha value is -2.52. The standard InChI is InChI=1S/C15H15N5O2S2/c1-9-6-10(2)20(19-9)7-13(21)17-18-14(22)11-8-24-15(16-11)12-4-3-5-23-12/h3-6,8H,7H2,1-2H3,(H,17,21)(H,18,22). The van der Waals surface area contributed by atoms with Crippen LogP contribution >= 0.6 is 22.7 Å². The van der Waals surface area contributed by atoms with Crippen LogP contribution in [0, 0.1) is 13.8 Å². The molecule has 0 aliphatic rings. The minimum absolute atomic E-state index is 0.0392. The van der Waals surface area contributed by atoms with Gasteiger partial charge in [-0.3, -0.25) is 25.1 Å². The Kier molecular flexibility index (Phi) is 4.72. The predicted octanol–water partition coefficient (Wildman–Crippen LogP) is 2.15. The Morgan fingerprint density at radius 3 is 2.75 bits per heavy atom. The van der Waals surface area contributed by atoms with E-state index in [9.17, 15) is 9.59 Å². The largest absolute Gasteiger partial charge is 0.289 e. The van der Waals surface area contributed by atoms with Gasteiger partial charge in [0, 0.05) is 11.1 Å². The Morgan fingerprint density at radius 1 is 1.25 bits per heavy atom. The second-order valence-corrected chi connectivity index (χ2v) is 6.91. The SMILES string of the molecule is Cc1cc(C)n(CC(=O)NNC(=O)c2csc(-c3cccs3)n2)n1. The number of aromatic nitrogens is 3. The van der Waals surface area contributed by atoms with Crippen molar-refractivity contribution in [2.45, 2.75) is 20.4 Å². The first-order valence-corrected chi connectivity index (χ1v) is 8.88. The van der Waals surface area contributed by atoms with Crippen LogP contribution in [0.2, 0.25) is 0 Å². The van der Waals surface area contributed by atoms with Crippen molar-refractivity contribution in [1.29, 1.82) is 0 Å². The number of carbonyl (C=O) groups excluding carboxylic acids is 2. The number of aryl methyl sites for hydroxylation is 2. The average molecular weight is 361 g/mol. The van der Waals surface area contributed by atoms with Gasteiger partial charge >= 0.3 is 0 Å². The quantitative estimate of drug-likeness (QED) is 0.697. The molecule has 2 amide bonds. The number of amides is 2. The van der Waals surface area contributed by atoms with Gasteiger partial charge in [0.15, 0.2) is 0 Å². The van der Waals surface area contributed by atoms with Gasteiger partial charge in [-0.15, -0.1) is 22.7 Å². The van der Waals surface area contributed by atoms with Gasteiger partial charge in [-0.1, -0.05) is 6.07 Å².